The van der Waals surface area contributed by atoms with E-state index in [1.807, 2.05) is 19.9 Å². The third kappa shape index (κ3) is 67.0. The van der Waals surface area contributed by atoms with E-state index in [-0.39, 0.29) is 5.82 Å². The van der Waals surface area contributed by atoms with Crippen LogP contribution in [0.5, 0.6) is 0 Å². The van der Waals surface area contributed by atoms with Gasteiger partial charge in [-0.05, 0) is 42.2 Å². The Morgan fingerprint density at radius 3 is 1.21 bits per heavy atom. The van der Waals surface area contributed by atoms with E-state index in [4.69, 9.17) is 29.4 Å². The fourth-order valence-corrected chi connectivity index (χ4v) is 0.551. The maximum Gasteiger partial charge on any atom is 0.319 e. The molecule has 0 amide bonds. The molecule has 6 nitrogen and oxygen atoms in total. The molecule has 0 spiro atoms. The minimum absolute atomic E-state index is 0.132. The molecule has 0 aliphatic carbocycles. The van der Waals surface area contributed by atoms with E-state index in [9.17, 15) is 4.39 Å². The van der Waals surface area contributed by atoms with Crippen LogP contribution in [0.1, 0.15) is 46.1 Å². The van der Waals surface area contributed by atoms with Crippen molar-refractivity contribution < 1.29 is 33.8 Å². The molecule has 0 atom stereocenters. The number of benzene rings is 1. The lowest BCUT2D eigenvalue weighted by Gasteiger charge is -1.89. The summed E-state index contributed by atoms with van der Waals surface area (Å²) < 4.78 is 12.3. The van der Waals surface area contributed by atoms with Crippen molar-refractivity contribution in [2.75, 3.05) is 0 Å². The van der Waals surface area contributed by atoms with Gasteiger partial charge >= 0.3 is 13.4 Å². The molecule has 11 heteroatoms. The molecule has 0 aliphatic heterocycles. The van der Waals surface area contributed by atoms with Crippen molar-refractivity contribution in [3.8, 4) is 0 Å². The normalized spacial score (nSPS) is 9.50. The molecule has 0 aromatic heterocycles. The average molecular weight is 426 g/mol. The van der Waals surface area contributed by atoms with Gasteiger partial charge in [0.05, 0.1) is 0 Å². The minimum atomic E-state index is -3.81. The van der Waals surface area contributed by atoms with Gasteiger partial charge < -0.3 is 29.4 Å². The zero-order valence-corrected chi connectivity index (χ0v) is 17.9. The highest BCUT2D eigenvalue weighted by atomic mass is 32.5. The van der Waals surface area contributed by atoms with Gasteiger partial charge in [0.2, 0.25) is 0 Å². The lowest BCUT2D eigenvalue weighted by molar-refractivity contribution is 0.361. The maximum atomic E-state index is 12.3. The third-order valence-electron chi connectivity index (χ3n) is 1.58. The molecule has 0 saturated carbocycles. The first-order valence-corrected chi connectivity index (χ1v) is 12.3. The largest absolute Gasteiger partial charge is 0.325 e. The van der Waals surface area contributed by atoms with E-state index in [0.29, 0.717) is 5.56 Å². The number of aryl methyl sites for hydroxylation is 1. The number of hydrogen-bond acceptors (Lipinski definition) is 2. The molecule has 0 heterocycles. The van der Waals surface area contributed by atoms with Gasteiger partial charge in [-0.2, -0.15) is 0 Å². The first kappa shape index (κ1) is 31.9. The van der Waals surface area contributed by atoms with E-state index in [2.05, 4.69) is 37.5 Å². The van der Waals surface area contributed by atoms with E-state index >= 15 is 0 Å². The summed E-state index contributed by atoms with van der Waals surface area (Å²) in [6, 6.07) is 6.70. The molecule has 6 N–H and O–H groups in total. The quantitative estimate of drug-likeness (QED) is 0.378. The first-order valence-electron chi connectivity index (χ1n) is 7.00. The highest BCUT2D eigenvalue weighted by Gasteiger charge is 1.92. The van der Waals surface area contributed by atoms with Gasteiger partial charge in [0, 0.05) is 0 Å². The lowest BCUT2D eigenvalue weighted by Crippen LogP contribution is -1.76. The molecule has 0 aliphatic rings. The van der Waals surface area contributed by atoms with Crippen LogP contribution < -0.4 is 0 Å². The molecule has 0 unspecified atom stereocenters. The van der Waals surface area contributed by atoms with Crippen LogP contribution in [0.15, 0.2) is 24.3 Å². The van der Waals surface area contributed by atoms with Crippen molar-refractivity contribution in [3.63, 3.8) is 0 Å². The number of hydrogen-bond donors (Lipinski definition) is 6. The highest BCUT2D eigenvalue weighted by molar-refractivity contribution is 8.06. The summed E-state index contributed by atoms with van der Waals surface area (Å²) in [6.07, 6.45) is 2.64. The summed E-state index contributed by atoms with van der Waals surface area (Å²) in [5.74, 6) is -0.132. The van der Waals surface area contributed by atoms with Crippen LogP contribution >= 0.6 is 13.4 Å². The van der Waals surface area contributed by atoms with Crippen molar-refractivity contribution in [3.05, 3.63) is 35.6 Å². The molecular formula is C13H29FO6P2S2. The Kier molecular flexibility index (Phi) is 26.0. The second-order valence-electron chi connectivity index (χ2n) is 3.78. The minimum Gasteiger partial charge on any atom is -0.325 e. The fourth-order valence-electron chi connectivity index (χ4n) is 0.551. The van der Waals surface area contributed by atoms with E-state index in [1.54, 1.807) is 19.1 Å². The first-order chi connectivity index (χ1) is 10.7. The maximum absolute atomic E-state index is 12.3. The Bertz CT molecular complexity index is 420. The molecule has 1 aromatic rings. The smallest absolute Gasteiger partial charge is 0.319 e. The number of rotatable bonds is 1. The molecule has 0 saturated heterocycles. The van der Waals surface area contributed by atoms with E-state index in [1.165, 1.54) is 18.9 Å². The van der Waals surface area contributed by atoms with Gasteiger partial charge in [0.25, 0.3) is 0 Å². The predicted octanol–water partition coefficient (Wildman–Crippen LogP) is 3.34. The average Bonchev–Trinajstić information content (AvgIpc) is 2.41. The SMILES string of the molecule is CC.CCCC.Cc1ccccc1F.OP(O)(O)=S.OP(O)(O)=S. The van der Waals surface area contributed by atoms with Crippen LogP contribution in [-0.2, 0) is 23.6 Å². The van der Waals surface area contributed by atoms with Crippen molar-refractivity contribution in [2.24, 2.45) is 0 Å². The van der Waals surface area contributed by atoms with Gasteiger partial charge in [0.1, 0.15) is 5.82 Å². The van der Waals surface area contributed by atoms with Crippen molar-refractivity contribution >= 4 is 37.1 Å². The van der Waals surface area contributed by atoms with Crippen LogP contribution in [0.4, 0.5) is 4.39 Å². The van der Waals surface area contributed by atoms with Gasteiger partial charge in [-0.3, -0.25) is 0 Å². The molecule has 146 valence electrons. The van der Waals surface area contributed by atoms with Crippen molar-refractivity contribution in [1.82, 2.24) is 0 Å². The van der Waals surface area contributed by atoms with Crippen LogP contribution in [-0.4, -0.2) is 29.4 Å². The van der Waals surface area contributed by atoms with E-state index in [0.717, 1.165) is 0 Å². The number of unbranched alkanes of at least 4 members (excludes halogenated alkanes) is 1. The molecule has 0 fully saturated rings. The third-order valence-corrected chi connectivity index (χ3v) is 1.58. The molecule has 1 aromatic carbocycles. The van der Waals surface area contributed by atoms with Crippen LogP contribution in [0.25, 0.3) is 0 Å². The Balaban J connectivity index is -0.000000112. The monoisotopic (exact) mass is 426 g/mol. The van der Waals surface area contributed by atoms with Crippen LogP contribution in [0, 0.1) is 12.7 Å². The summed E-state index contributed by atoms with van der Waals surface area (Å²) in [4.78, 5) is 45.3. The van der Waals surface area contributed by atoms with Gasteiger partial charge in [0.15, 0.2) is 0 Å². The Hall–Kier alpha value is 0.210. The molecule has 0 radical (unpaired) electrons. The Morgan fingerprint density at radius 1 is 0.833 bits per heavy atom. The molecular weight excluding hydrogens is 397 g/mol. The topological polar surface area (TPSA) is 121 Å². The van der Waals surface area contributed by atoms with Gasteiger partial charge in [-0.15, -0.1) is 0 Å². The van der Waals surface area contributed by atoms with E-state index < -0.39 is 13.4 Å². The van der Waals surface area contributed by atoms with Gasteiger partial charge in [-0.25, -0.2) is 4.39 Å². The summed E-state index contributed by atoms with van der Waals surface area (Å²) in [7, 11) is 0. The van der Waals surface area contributed by atoms with Crippen molar-refractivity contribution in [2.45, 2.75) is 47.5 Å². The van der Waals surface area contributed by atoms with Crippen LogP contribution in [0.3, 0.4) is 0 Å². The highest BCUT2D eigenvalue weighted by Crippen LogP contribution is 2.26. The predicted molar refractivity (Wildman–Crippen MR) is 105 cm³/mol. The zero-order valence-electron chi connectivity index (χ0n) is 14.5. The zero-order chi connectivity index (χ0) is 20.4. The molecule has 0 bridgehead atoms. The van der Waals surface area contributed by atoms with Crippen molar-refractivity contribution in [1.29, 1.82) is 0 Å². The number of halogens is 1. The van der Waals surface area contributed by atoms with Crippen LogP contribution in [0.2, 0.25) is 0 Å². The summed E-state index contributed by atoms with van der Waals surface area (Å²) in [5.41, 5.74) is 0.701. The second-order valence-corrected chi connectivity index (χ2v) is 8.77. The fraction of sp³-hybridized carbons (Fsp3) is 0.538. The summed E-state index contributed by atoms with van der Waals surface area (Å²) in [5, 5.41) is 0. The summed E-state index contributed by atoms with van der Waals surface area (Å²) in [6.45, 7) is 2.50. The second kappa shape index (κ2) is 19.5. The Labute approximate surface area is 154 Å². The molecule has 24 heavy (non-hydrogen) atoms. The Morgan fingerprint density at radius 2 is 1.08 bits per heavy atom. The molecule has 1 rings (SSSR count). The lowest BCUT2D eigenvalue weighted by atomic mass is 10.2. The summed E-state index contributed by atoms with van der Waals surface area (Å²) >= 11 is 7.21. The standard InChI is InChI=1S/C7H7F.C4H10.C2H6.2H3O3PS/c1-6-4-2-3-5-7(6)8;1-3-4-2;1-2;2*1-4(2,3)5/h2-5H,1H3;3-4H2,1-2H3;1-2H3;2*(H3,1,2,3,5). The van der Waals surface area contributed by atoms with Gasteiger partial charge in [-0.1, -0.05) is 58.7 Å².